The molecule has 0 saturated heterocycles. The predicted molar refractivity (Wildman–Crippen MR) is 96.9 cm³/mol. The summed E-state index contributed by atoms with van der Waals surface area (Å²) in [7, 11) is -2.24. The number of rotatable bonds is 7. The first kappa shape index (κ1) is 19.2. The Morgan fingerprint density at radius 3 is 2.42 bits per heavy atom. The minimum absolute atomic E-state index is 0.182. The van der Waals surface area contributed by atoms with E-state index < -0.39 is 27.4 Å². The number of sulfonamides is 1. The lowest BCUT2D eigenvalue weighted by molar-refractivity contribution is -0.384. The van der Waals surface area contributed by atoms with Crippen molar-refractivity contribution in [3.8, 4) is 5.75 Å². The summed E-state index contributed by atoms with van der Waals surface area (Å²) in [5.41, 5.74) is 0.313. The molecule has 0 radical (unpaired) electrons. The van der Waals surface area contributed by atoms with Gasteiger partial charge in [0, 0.05) is 17.8 Å². The van der Waals surface area contributed by atoms with Crippen LogP contribution in [0.5, 0.6) is 5.75 Å². The van der Waals surface area contributed by atoms with Crippen molar-refractivity contribution in [1.82, 2.24) is 0 Å². The van der Waals surface area contributed by atoms with E-state index in [-0.39, 0.29) is 11.4 Å². The minimum Gasteiger partial charge on any atom is -0.497 e. The van der Waals surface area contributed by atoms with Crippen LogP contribution in [0.2, 0.25) is 0 Å². The molecule has 1 N–H and O–H groups in total. The molecule has 2 rings (SSSR count). The van der Waals surface area contributed by atoms with Crippen LogP contribution in [0.1, 0.15) is 0 Å². The number of anilines is 2. The molecule has 26 heavy (non-hydrogen) atoms. The van der Waals surface area contributed by atoms with Crippen LogP contribution < -0.4 is 14.4 Å². The van der Waals surface area contributed by atoms with E-state index >= 15 is 0 Å². The van der Waals surface area contributed by atoms with Gasteiger partial charge in [-0.25, -0.2) is 8.42 Å². The van der Waals surface area contributed by atoms with Gasteiger partial charge in [0.2, 0.25) is 15.9 Å². The fourth-order valence-corrected chi connectivity index (χ4v) is 3.03. The van der Waals surface area contributed by atoms with E-state index in [4.69, 9.17) is 4.74 Å². The quantitative estimate of drug-likeness (QED) is 0.580. The first-order valence-electron chi connectivity index (χ1n) is 7.37. The molecule has 0 heterocycles. The number of nitrogens with zero attached hydrogens (tertiary/aromatic N) is 2. The van der Waals surface area contributed by atoms with Gasteiger partial charge in [0.15, 0.2) is 0 Å². The van der Waals surface area contributed by atoms with E-state index in [1.807, 2.05) is 0 Å². The van der Waals surface area contributed by atoms with Crippen molar-refractivity contribution in [2.24, 2.45) is 0 Å². The second-order valence-electron chi connectivity index (χ2n) is 5.32. The Balaban J connectivity index is 2.19. The summed E-state index contributed by atoms with van der Waals surface area (Å²) >= 11 is 0. The van der Waals surface area contributed by atoms with Gasteiger partial charge in [-0.2, -0.15) is 0 Å². The third-order valence-electron chi connectivity index (χ3n) is 3.39. The molecule has 1 amide bonds. The lowest BCUT2D eigenvalue weighted by Crippen LogP contribution is -2.37. The summed E-state index contributed by atoms with van der Waals surface area (Å²) in [5, 5.41) is 13.2. The standard InChI is InChI=1S/C16H17N3O6S/c1-25-15-8-6-13(7-9-15)18(26(2,23)24)11-16(20)17-12-4-3-5-14(10-12)19(21)22/h3-10H,11H2,1-2H3,(H,17,20). The number of nitro groups is 1. The van der Waals surface area contributed by atoms with Crippen LogP contribution in [0.15, 0.2) is 48.5 Å². The molecular formula is C16H17N3O6S. The normalized spacial score (nSPS) is 10.8. The van der Waals surface area contributed by atoms with Gasteiger partial charge in [-0.05, 0) is 30.3 Å². The van der Waals surface area contributed by atoms with Gasteiger partial charge in [-0.1, -0.05) is 6.07 Å². The summed E-state index contributed by atoms with van der Waals surface area (Å²) in [6.45, 7) is -0.478. The second kappa shape index (κ2) is 7.83. The van der Waals surface area contributed by atoms with Crippen molar-refractivity contribution in [3.63, 3.8) is 0 Å². The highest BCUT2D eigenvalue weighted by atomic mass is 32.2. The molecule has 9 nitrogen and oxygen atoms in total. The zero-order chi connectivity index (χ0) is 19.3. The zero-order valence-electron chi connectivity index (χ0n) is 14.1. The average molecular weight is 379 g/mol. The Morgan fingerprint density at radius 2 is 1.88 bits per heavy atom. The molecule has 0 saturated carbocycles. The van der Waals surface area contributed by atoms with Gasteiger partial charge in [0.05, 0.1) is 24.0 Å². The molecule has 0 bridgehead atoms. The number of methoxy groups -OCH3 is 1. The van der Waals surface area contributed by atoms with Crippen molar-refractivity contribution in [3.05, 3.63) is 58.6 Å². The van der Waals surface area contributed by atoms with Crippen LogP contribution in [0, 0.1) is 10.1 Å². The van der Waals surface area contributed by atoms with Crippen LogP contribution in [0.3, 0.4) is 0 Å². The summed E-state index contributed by atoms with van der Waals surface area (Å²) in [5.74, 6) is -0.0880. The number of hydrogen-bond acceptors (Lipinski definition) is 6. The molecule has 0 aliphatic rings. The topological polar surface area (TPSA) is 119 Å². The van der Waals surface area contributed by atoms with Crippen molar-refractivity contribution >= 4 is 33.0 Å². The Labute approximate surface area is 150 Å². The highest BCUT2D eigenvalue weighted by Gasteiger charge is 2.21. The maximum Gasteiger partial charge on any atom is 0.271 e. The van der Waals surface area contributed by atoms with Gasteiger partial charge in [0.25, 0.3) is 5.69 Å². The molecule has 0 spiro atoms. The number of carbonyl (C=O) groups is 1. The SMILES string of the molecule is COc1ccc(N(CC(=O)Nc2cccc([N+](=O)[O-])c2)S(C)(=O)=O)cc1. The Kier molecular flexibility index (Phi) is 5.78. The molecule has 0 unspecified atom stereocenters. The molecule has 2 aromatic carbocycles. The van der Waals surface area contributed by atoms with Crippen LogP contribution in [-0.4, -0.2) is 39.2 Å². The second-order valence-corrected chi connectivity index (χ2v) is 7.23. The molecule has 0 fully saturated rings. The van der Waals surface area contributed by atoms with Crippen molar-refractivity contribution < 1.29 is 22.9 Å². The molecule has 0 aliphatic carbocycles. The van der Waals surface area contributed by atoms with E-state index in [0.29, 0.717) is 11.4 Å². The number of hydrogen-bond donors (Lipinski definition) is 1. The average Bonchev–Trinajstić information content (AvgIpc) is 2.59. The molecule has 2 aromatic rings. The number of benzene rings is 2. The van der Waals surface area contributed by atoms with Crippen LogP contribution >= 0.6 is 0 Å². The first-order valence-corrected chi connectivity index (χ1v) is 9.21. The van der Waals surface area contributed by atoms with Gasteiger partial charge in [0.1, 0.15) is 12.3 Å². The Morgan fingerprint density at radius 1 is 1.23 bits per heavy atom. The maximum atomic E-state index is 12.2. The summed E-state index contributed by atoms with van der Waals surface area (Å²) < 4.78 is 30.0. The smallest absolute Gasteiger partial charge is 0.271 e. The van der Waals surface area contributed by atoms with E-state index in [9.17, 15) is 23.3 Å². The largest absolute Gasteiger partial charge is 0.497 e. The molecule has 0 aliphatic heterocycles. The minimum atomic E-state index is -3.72. The molecular weight excluding hydrogens is 362 g/mol. The number of nitrogens with one attached hydrogen (secondary N) is 1. The third kappa shape index (κ3) is 4.93. The molecule has 138 valence electrons. The van der Waals surface area contributed by atoms with Gasteiger partial charge < -0.3 is 10.1 Å². The fourth-order valence-electron chi connectivity index (χ4n) is 2.18. The van der Waals surface area contributed by atoms with Crippen LogP contribution in [0.25, 0.3) is 0 Å². The summed E-state index contributed by atoms with van der Waals surface area (Å²) in [4.78, 5) is 22.4. The Bertz CT molecular complexity index is 912. The number of nitro benzene ring substituents is 1. The van der Waals surface area contributed by atoms with Gasteiger partial charge >= 0.3 is 0 Å². The molecule has 10 heteroatoms. The molecule has 0 aromatic heterocycles. The maximum absolute atomic E-state index is 12.2. The van der Waals surface area contributed by atoms with E-state index in [1.54, 1.807) is 12.1 Å². The fraction of sp³-hybridized carbons (Fsp3) is 0.188. The number of ether oxygens (including phenoxy) is 1. The van der Waals surface area contributed by atoms with Crippen LogP contribution in [-0.2, 0) is 14.8 Å². The highest BCUT2D eigenvalue weighted by Crippen LogP contribution is 2.22. The summed E-state index contributed by atoms with van der Waals surface area (Å²) in [6, 6.07) is 11.6. The van der Waals surface area contributed by atoms with E-state index in [2.05, 4.69) is 5.32 Å². The van der Waals surface area contributed by atoms with Crippen molar-refractivity contribution in [1.29, 1.82) is 0 Å². The van der Waals surface area contributed by atoms with Gasteiger partial charge in [-0.15, -0.1) is 0 Å². The zero-order valence-corrected chi connectivity index (χ0v) is 14.9. The van der Waals surface area contributed by atoms with Crippen molar-refractivity contribution in [2.75, 3.05) is 29.5 Å². The first-order chi connectivity index (χ1) is 12.2. The van der Waals surface area contributed by atoms with Crippen molar-refractivity contribution in [2.45, 2.75) is 0 Å². The summed E-state index contributed by atoms with van der Waals surface area (Å²) in [6.07, 6.45) is 0.984. The third-order valence-corrected chi connectivity index (χ3v) is 4.53. The predicted octanol–water partition coefficient (Wildman–Crippen LogP) is 2.01. The van der Waals surface area contributed by atoms with Crippen LogP contribution in [0.4, 0.5) is 17.1 Å². The molecule has 0 atom stereocenters. The van der Waals surface area contributed by atoms with E-state index in [0.717, 1.165) is 10.6 Å². The monoisotopic (exact) mass is 379 g/mol. The van der Waals surface area contributed by atoms with Gasteiger partial charge in [-0.3, -0.25) is 19.2 Å². The van der Waals surface area contributed by atoms with E-state index in [1.165, 1.54) is 43.5 Å². The number of non-ortho nitro benzene ring substituents is 1. The lowest BCUT2D eigenvalue weighted by atomic mass is 10.2. The lowest BCUT2D eigenvalue weighted by Gasteiger charge is -2.22. The number of amides is 1. The Hall–Kier alpha value is -3.14. The number of carbonyl (C=O) groups excluding carboxylic acids is 1. The highest BCUT2D eigenvalue weighted by molar-refractivity contribution is 7.92.